The van der Waals surface area contributed by atoms with Crippen LogP contribution < -0.4 is 0 Å². The van der Waals surface area contributed by atoms with Gasteiger partial charge in [0, 0.05) is 18.7 Å². The van der Waals surface area contributed by atoms with Gasteiger partial charge in [-0.2, -0.15) is 0 Å². The van der Waals surface area contributed by atoms with E-state index in [1.165, 1.54) is 12.1 Å². The van der Waals surface area contributed by atoms with Gasteiger partial charge in [0.05, 0.1) is 18.3 Å². The van der Waals surface area contributed by atoms with Crippen LogP contribution >= 0.6 is 0 Å². The summed E-state index contributed by atoms with van der Waals surface area (Å²) in [4.78, 5) is 6.34. The lowest BCUT2D eigenvalue weighted by atomic mass is 9.83. The van der Waals surface area contributed by atoms with E-state index in [9.17, 15) is 9.50 Å². The van der Waals surface area contributed by atoms with Crippen molar-refractivity contribution < 1.29 is 13.9 Å². The van der Waals surface area contributed by atoms with Gasteiger partial charge >= 0.3 is 0 Å². The molecule has 1 aromatic heterocycles. The molecule has 5 heteroatoms. The molecular weight excluding hydrogens is 271 g/mol. The Morgan fingerprint density at radius 3 is 2.62 bits per heavy atom. The monoisotopic (exact) mass is 290 g/mol. The summed E-state index contributed by atoms with van der Waals surface area (Å²) >= 11 is 0. The van der Waals surface area contributed by atoms with Crippen molar-refractivity contribution in [3.05, 3.63) is 42.2 Å². The molecule has 112 valence electrons. The number of oxazole rings is 1. The van der Waals surface area contributed by atoms with Gasteiger partial charge in [0.1, 0.15) is 5.82 Å². The molecule has 3 rings (SSSR count). The molecule has 1 fully saturated rings. The van der Waals surface area contributed by atoms with E-state index < -0.39 is 5.60 Å². The first-order valence-corrected chi connectivity index (χ1v) is 7.12. The zero-order valence-corrected chi connectivity index (χ0v) is 12.2. The molecule has 4 nitrogen and oxygen atoms in total. The summed E-state index contributed by atoms with van der Waals surface area (Å²) in [6, 6.07) is 6.13. The first kappa shape index (κ1) is 14.2. The maximum absolute atomic E-state index is 12.9. The molecule has 0 unspecified atom stereocenters. The van der Waals surface area contributed by atoms with E-state index in [4.69, 9.17) is 4.42 Å². The van der Waals surface area contributed by atoms with E-state index in [-0.39, 0.29) is 11.7 Å². The van der Waals surface area contributed by atoms with E-state index >= 15 is 0 Å². The van der Waals surface area contributed by atoms with Crippen molar-refractivity contribution in [1.82, 2.24) is 9.88 Å². The summed E-state index contributed by atoms with van der Waals surface area (Å²) in [6.07, 6.45) is 1.65. The van der Waals surface area contributed by atoms with E-state index in [1.54, 1.807) is 18.3 Å². The second-order valence-electron chi connectivity index (χ2n) is 6.03. The van der Waals surface area contributed by atoms with Gasteiger partial charge in [-0.3, -0.25) is 4.90 Å². The largest absolute Gasteiger partial charge is 0.439 e. The third kappa shape index (κ3) is 2.84. The number of β-amino-alcohol motifs (C(OH)–C–C–N with tert-alkyl or cyclic N) is 1. The molecule has 2 aromatic rings. The van der Waals surface area contributed by atoms with Crippen molar-refractivity contribution in [2.75, 3.05) is 13.1 Å². The molecule has 1 aromatic carbocycles. The molecule has 0 atom stereocenters. The smallest absolute Gasteiger partial charge is 0.209 e. The highest BCUT2D eigenvalue weighted by Crippen LogP contribution is 2.30. The van der Waals surface area contributed by atoms with Crippen molar-refractivity contribution in [3.63, 3.8) is 0 Å². The van der Waals surface area contributed by atoms with Crippen molar-refractivity contribution >= 4 is 0 Å². The molecule has 0 spiro atoms. The van der Waals surface area contributed by atoms with Crippen LogP contribution in [-0.4, -0.2) is 33.7 Å². The zero-order chi connectivity index (χ0) is 15.0. The number of likely N-dealkylation sites (tertiary alicyclic amines) is 1. The topological polar surface area (TPSA) is 49.5 Å². The number of aliphatic hydroxyl groups is 1. The molecule has 0 radical (unpaired) electrons. The lowest BCUT2D eigenvalue weighted by molar-refractivity contribution is -0.132. The van der Waals surface area contributed by atoms with Crippen LogP contribution in [0.15, 0.2) is 34.9 Å². The fourth-order valence-electron chi connectivity index (χ4n) is 2.53. The van der Waals surface area contributed by atoms with Crippen molar-refractivity contribution in [2.24, 2.45) is 5.92 Å². The highest BCUT2D eigenvalue weighted by atomic mass is 19.1. The van der Waals surface area contributed by atoms with Gasteiger partial charge < -0.3 is 9.52 Å². The van der Waals surface area contributed by atoms with Crippen LogP contribution in [0.5, 0.6) is 0 Å². The van der Waals surface area contributed by atoms with Gasteiger partial charge in [-0.15, -0.1) is 0 Å². The number of benzene rings is 1. The van der Waals surface area contributed by atoms with Gasteiger partial charge in [0.2, 0.25) is 5.89 Å². The lowest BCUT2D eigenvalue weighted by Gasteiger charge is -2.48. The second-order valence-corrected chi connectivity index (χ2v) is 6.03. The fourth-order valence-corrected chi connectivity index (χ4v) is 2.53. The van der Waals surface area contributed by atoms with Gasteiger partial charge in [-0.25, -0.2) is 9.37 Å². The number of hydrogen-bond donors (Lipinski definition) is 1. The Kier molecular flexibility index (Phi) is 3.55. The molecule has 0 amide bonds. The minimum absolute atomic E-state index is 0.244. The normalized spacial score (nSPS) is 18.0. The predicted molar refractivity (Wildman–Crippen MR) is 77.0 cm³/mol. The average molecular weight is 290 g/mol. The van der Waals surface area contributed by atoms with Crippen molar-refractivity contribution in [3.8, 4) is 11.3 Å². The Balaban J connectivity index is 1.63. The standard InChI is InChI=1S/C16H19FN2O2/c1-11(2)16(20)9-19(10-16)8-15-18-7-14(21-15)12-3-5-13(17)6-4-12/h3-7,11,20H,8-10H2,1-2H3. The Bertz CT molecular complexity index is 615. The average Bonchev–Trinajstić information content (AvgIpc) is 2.86. The third-order valence-corrected chi connectivity index (χ3v) is 4.11. The van der Waals surface area contributed by atoms with Crippen LogP contribution in [0.25, 0.3) is 11.3 Å². The van der Waals surface area contributed by atoms with Crippen LogP contribution in [-0.2, 0) is 6.54 Å². The first-order valence-electron chi connectivity index (χ1n) is 7.12. The van der Waals surface area contributed by atoms with E-state index in [0.29, 0.717) is 31.3 Å². The molecule has 1 aliphatic rings. The summed E-state index contributed by atoms with van der Waals surface area (Å²) in [6.45, 7) is 5.90. The van der Waals surface area contributed by atoms with Gasteiger partial charge in [0.15, 0.2) is 5.76 Å². The van der Waals surface area contributed by atoms with Crippen LogP contribution in [0.2, 0.25) is 0 Å². The summed E-state index contributed by atoms with van der Waals surface area (Å²) in [7, 11) is 0. The maximum atomic E-state index is 12.9. The Labute approximate surface area is 123 Å². The maximum Gasteiger partial charge on any atom is 0.209 e. The molecule has 1 N–H and O–H groups in total. The van der Waals surface area contributed by atoms with Crippen LogP contribution in [0.4, 0.5) is 4.39 Å². The highest BCUT2D eigenvalue weighted by Gasteiger charge is 2.43. The highest BCUT2D eigenvalue weighted by molar-refractivity contribution is 5.55. The summed E-state index contributed by atoms with van der Waals surface area (Å²) in [5.74, 6) is 1.21. The van der Waals surface area contributed by atoms with Crippen LogP contribution in [0.1, 0.15) is 19.7 Å². The quantitative estimate of drug-likeness (QED) is 0.940. The van der Waals surface area contributed by atoms with Gasteiger partial charge in [-0.1, -0.05) is 13.8 Å². The SMILES string of the molecule is CC(C)C1(O)CN(Cc2ncc(-c3ccc(F)cc3)o2)C1. The number of halogens is 1. The van der Waals surface area contributed by atoms with Crippen molar-refractivity contribution in [1.29, 1.82) is 0 Å². The molecule has 0 saturated carbocycles. The molecule has 2 heterocycles. The summed E-state index contributed by atoms with van der Waals surface area (Å²) in [5, 5.41) is 10.2. The van der Waals surface area contributed by atoms with Crippen LogP contribution in [0.3, 0.4) is 0 Å². The number of aromatic nitrogens is 1. The Morgan fingerprint density at radius 2 is 2.00 bits per heavy atom. The predicted octanol–water partition coefficient (Wildman–Crippen LogP) is 2.68. The number of rotatable bonds is 4. The minimum atomic E-state index is -0.591. The number of hydrogen-bond acceptors (Lipinski definition) is 4. The minimum Gasteiger partial charge on any atom is -0.439 e. The Hall–Kier alpha value is -1.72. The molecule has 0 bridgehead atoms. The lowest BCUT2D eigenvalue weighted by Crippen LogP contribution is -2.63. The van der Waals surface area contributed by atoms with Gasteiger partial charge in [-0.05, 0) is 30.2 Å². The first-order chi connectivity index (χ1) is 9.96. The van der Waals surface area contributed by atoms with E-state index in [2.05, 4.69) is 9.88 Å². The summed E-state index contributed by atoms with van der Waals surface area (Å²) < 4.78 is 18.6. The second kappa shape index (κ2) is 5.24. The Morgan fingerprint density at radius 1 is 1.33 bits per heavy atom. The van der Waals surface area contributed by atoms with Crippen molar-refractivity contribution in [2.45, 2.75) is 26.0 Å². The van der Waals surface area contributed by atoms with Crippen LogP contribution in [0, 0.1) is 11.7 Å². The van der Waals surface area contributed by atoms with E-state index in [1.807, 2.05) is 13.8 Å². The molecule has 0 aliphatic carbocycles. The molecule has 21 heavy (non-hydrogen) atoms. The zero-order valence-electron chi connectivity index (χ0n) is 12.2. The van der Waals surface area contributed by atoms with E-state index in [0.717, 1.165) is 5.56 Å². The molecule has 1 aliphatic heterocycles. The fraction of sp³-hybridized carbons (Fsp3) is 0.438. The molecule has 1 saturated heterocycles. The third-order valence-electron chi connectivity index (χ3n) is 4.11. The molecular formula is C16H19FN2O2. The number of nitrogens with zero attached hydrogens (tertiary/aromatic N) is 2. The summed E-state index contributed by atoms with van der Waals surface area (Å²) in [5.41, 5.74) is 0.212. The van der Waals surface area contributed by atoms with Gasteiger partial charge in [0.25, 0.3) is 0 Å².